The predicted molar refractivity (Wildman–Crippen MR) is 54.6 cm³/mol. The Labute approximate surface area is 122 Å². The van der Waals surface area contributed by atoms with E-state index in [1.165, 1.54) is 6.92 Å². The number of aliphatic carboxylic acids is 1. The molecule has 0 aromatic rings. The number of rotatable bonds is 7. The quantitative estimate of drug-likeness (QED) is 0.207. The van der Waals surface area contributed by atoms with Crippen molar-refractivity contribution in [3.63, 3.8) is 0 Å². The van der Waals surface area contributed by atoms with Crippen LogP contribution in [0.1, 0.15) is 8.35 Å². The maximum absolute atomic E-state index is 11.0. The van der Waals surface area contributed by atoms with Crippen molar-refractivity contribution in [1.29, 1.82) is 0 Å². The van der Waals surface area contributed by atoms with E-state index in [1.54, 1.807) is 0 Å². The van der Waals surface area contributed by atoms with E-state index in [2.05, 4.69) is 10.1 Å². The molecule has 0 radical (unpaired) electrons. The molecule has 1 atom stereocenters. The molecule has 17 heavy (non-hydrogen) atoms. The summed E-state index contributed by atoms with van der Waals surface area (Å²) in [6, 6.07) is 0. The van der Waals surface area contributed by atoms with Gasteiger partial charge < -0.3 is 26.8 Å². The maximum atomic E-state index is 11.0. The van der Waals surface area contributed by atoms with Crippen LogP contribution in [-0.4, -0.2) is 53.1 Å². The second-order valence-corrected chi connectivity index (χ2v) is 3.04. The van der Waals surface area contributed by atoms with E-state index in [1.807, 2.05) is 0 Å². The Morgan fingerprint density at radius 1 is 1.53 bits per heavy atom. The summed E-state index contributed by atoms with van der Waals surface area (Å²) in [5.41, 5.74) is 0.339. The minimum atomic E-state index is -1.11. The summed E-state index contributed by atoms with van der Waals surface area (Å²) >= 11 is 0. The number of allylic oxidation sites excluding steroid dienone is 1. The summed E-state index contributed by atoms with van der Waals surface area (Å²) in [6.07, 6.45) is -0.0443. The van der Waals surface area contributed by atoms with Crippen LogP contribution in [-0.2, 0) is 14.3 Å². The van der Waals surface area contributed by atoms with Crippen LogP contribution in [0.3, 0.4) is 0 Å². The Hall–Kier alpha value is -0.600. The molecule has 0 heterocycles. The molecule has 0 rings (SSSR count). The Morgan fingerprint density at radius 3 is 2.59 bits per heavy atom. The molecule has 8 heteroatoms. The first-order valence-electron chi connectivity index (χ1n) is 4.55. The van der Waals surface area contributed by atoms with Crippen LogP contribution in [0, 0.1) is 0 Å². The number of carboxylic acids is 1. The molecule has 1 unspecified atom stereocenters. The smallest absolute Gasteiger partial charge is 1.00 e. The molecule has 0 aromatic carbocycles. The predicted octanol–water partition coefficient (Wildman–Crippen LogP) is -4.42. The largest absolute Gasteiger partial charge is 1.00 e. The standard InChI is InChI=1S/C9H15NO6.Na.H/c1-6(10-3-8(13)14)2-9(15)16-5-7(12)4-11;;/h2,7,10-12H,3-5H2,1H3,(H,13,14);;/q;+1;-1. The minimum Gasteiger partial charge on any atom is -1.00 e. The third-order valence-electron chi connectivity index (χ3n) is 1.48. The zero-order valence-electron chi connectivity index (χ0n) is 10.8. The molecule has 0 spiro atoms. The number of hydrogen-bond acceptors (Lipinski definition) is 6. The Balaban J connectivity index is -0.00000112. The Morgan fingerprint density at radius 2 is 2.12 bits per heavy atom. The van der Waals surface area contributed by atoms with Gasteiger partial charge in [0.25, 0.3) is 0 Å². The van der Waals surface area contributed by atoms with Crippen LogP contribution in [0.4, 0.5) is 0 Å². The number of aliphatic hydroxyl groups is 2. The Bertz CT molecular complexity index is 286. The molecule has 0 aromatic heterocycles. The normalized spacial score (nSPS) is 12.3. The van der Waals surface area contributed by atoms with Gasteiger partial charge in [0.2, 0.25) is 0 Å². The van der Waals surface area contributed by atoms with Crippen molar-refractivity contribution < 1.29 is 60.6 Å². The fraction of sp³-hybridized carbons (Fsp3) is 0.556. The van der Waals surface area contributed by atoms with E-state index in [9.17, 15) is 9.59 Å². The first-order chi connectivity index (χ1) is 7.45. The van der Waals surface area contributed by atoms with Crippen LogP contribution in [0.25, 0.3) is 0 Å². The van der Waals surface area contributed by atoms with Crippen molar-refractivity contribution in [1.82, 2.24) is 5.32 Å². The van der Waals surface area contributed by atoms with Gasteiger partial charge in [0.1, 0.15) is 19.3 Å². The average Bonchev–Trinajstić information content (AvgIpc) is 2.23. The van der Waals surface area contributed by atoms with Crippen molar-refractivity contribution in [2.24, 2.45) is 0 Å². The summed E-state index contributed by atoms with van der Waals surface area (Å²) in [5.74, 6) is -1.76. The van der Waals surface area contributed by atoms with Crippen LogP contribution in [0.15, 0.2) is 11.8 Å². The molecule has 0 fully saturated rings. The van der Waals surface area contributed by atoms with Crippen molar-refractivity contribution in [2.45, 2.75) is 13.0 Å². The molecule has 7 nitrogen and oxygen atoms in total. The molecule has 0 saturated carbocycles. The zero-order chi connectivity index (χ0) is 12.6. The monoisotopic (exact) mass is 257 g/mol. The van der Waals surface area contributed by atoms with E-state index < -0.39 is 24.6 Å². The summed E-state index contributed by atoms with van der Waals surface area (Å²) < 4.78 is 4.56. The third kappa shape index (κ3) is 11.7. The molecule has 0 aliphatic rings. The van der Waals surface area contributed by atoms with Gasteiger partial charge in [0.15, 0.2) is 0 Å². The molecule has 0 aliphatic heterocycles. The van der Waals surface area contributed by atoms with E-state index in [0.717, 1.165) is 6.08 Å². The third-order valence-corrected chi connectivity index (χ3v) is 1.48. The number of carbonyl (C=O) groups excluding carboxylic acids is 1. The van der Waals surface area contributed by atoms with Gasteiger partial charge in [0, 0.05) is 11.8 Å². The fourth-order valence-electron chi connectivity index (χ4n) is 0.716. The minimum absolute atomic E-state index is 0. The Kier molecular flexibility index (Phi) is 11.6. The number of carbonyl (C=O) groups is 2. The number of hydrogen-bond donors (Lipinski definition) is 4. The van der Waals surface area contributed by atoms with Crippen molar-refractivity contribution in [3.05, 3.63) is 11.8 Å². The van der Waals surface area contributed by atoms with Crippen LogP contribution in [0.2, 0.25) is 0 Å². The first kappa shape index (κ1) is 18.8. The average molecular weight is 257 g/mol. The first-order valence-corrected chi connectivity index (χ1v) is 4.55. The van der Waals surface area contributed by atoms with Gasteiger partial charge in [-0.3, -0.25) is 4.79 Å². The number of aliphatic hydroxyl groups excluding tert-OH is 2. The SMILES string of the molecule is CC(=CC(=O)OCC(O)CO)NCC(=O)O.[H-].[Na+]. The van der Waals surface area contributed by atoms with Gasteiger partial charge in [-0.05, 0) is 6.92 Å². The summed E-state index contributed by atoms with van der Waals surface area (Å²) in [5, 5.41) is 28.1. The van der Waals surface area contributed by atoms with Gasteiger partial charge >= 0.3 is 41.5 Å². The molecular weight excluding hydrogens is 241 g/mol. The molecule has 0 amide bonds. The van der Waals surface area contributed by atoms with E-state index in [-0.39, 0.29) is 44.1 Å². The van der Waals surface area contributed by atoms with Gasteiger partial charge in [-0.15, -0.1) is 0 Å². The van der Waals surface area contributed by atoms with Gasteiger partial charge in [0.05, 0.1) is 6.61 Å². The fourth-order valence-corrected chi connectivity index (χ4v) is 0.716. The van der Waals surface area contributed by atoms with Crippen molar-refractivity contribution >= 4 is 11.9 Å². The summed E-state index contributed by atoms with van der Waals surface area (Å²) in [7, 11) is 0. The van der Waals surface area contributed by atoms with Crippen molar-refractivity contribution in [3.8, 4) is 0 Å². The molecule has 0 saturated heterocycles. The second kappa shape index (κ2) is 10.5. The second-order valence-electron chi connectivity index (χ2n) is 3.04. The number of carboxylic acid groups (broad SMARTS) is 1. The van der Waals surface area contributed by atoms with Crippen LogP contribution >= 0.6 is 0 Å². The summed E-state index contributed by atoms with van der Waals surface area (Å²) in [4.78, 5) is 21.2. The van der Waals surface area contributed by atoms with Gasteiger partial charge in [-0.1, -0.05) is 0 Å². The molecule has 0 aliphatic carbocycles. The molecule has 4 N–H and O–H groups in total. The van der Waals surface area contributed by atoms with E-state index in [4.69, 9.17) is 15.3 Å². The topological polar surface area (TPSA) is 116 Å². The zero-order valence-corrected chi connectivity index (χ0v) is 11.8. The number of ether oxygens (including phenoxy) is 1. The maximum Gasteiger partial charge on any atom is 1.00 e. The number of nitrogens with one attached hydrogen (secondary N) is 1. The van der Waals surface area contributed by atoms with Gasteiger partial charge in [-0.2, -0.15) is 0 Å². The van der Waals surface area contributed by atoms with Gasteiger partial charge in [-0.25, -0.2) is 4.79 Å². The number of esters is 1. The summed E-state index contributed by atoms with van der Waals surface area (Å²) in [6.45, 7) is 0.410. The van der Waals surface area contributed by atoms with Crippen LogP contribution < -0.4 is 34.9 Å². The van der Waals surface area contributed by atoms with E-state index in [0.29, 0.717) is 5.70 Å². The molecule has 0 bridgehead atoms. The van der Waals surface area contributed by atoms with Crippen LogP contribution in [0.5, 0.6) is 0 Å². The van der Waals surface area contributed by atoms with Crippen molar-refractivity contribution in [2.75, 3.05) is 19.8 Å². The molecule has 94 valence electrons. The molecular formula is C9H16NNaO6. The van der Waals surface area contributed by atoms with E-state index >= 15 is 0 Å².